The lowest BCUT2D eigenvalue weighted by molar-refractivity contribution is -0.116. The molecule has 2 rings (SSSR count). The summed E-state index contributed by atoms with van der Waals surface area (Å²) in [6, 6.07) is 11.5. The molecule has 0 aliphatic carbocycles. The van der Waals surface area contributed by atoms with Gasteiger partial charge in [0.2, 0.25) is 5.91 Å². The Morgan fingerprint density at radius 1 is 1.08 bits per heavy atom. The number of anilines is 1. The fraction of sp³-hybridized carbons (Fsp3) is 0.316. The van der Waals surface area contributed by atoms with Gasteiger partial charge in [-0.2, -0.15) is 0 Å². The molecule has 1 amide bonds. The molecule has 2 aromatic carbocycles. The zero-order valence-electron chi connectivity index (χ0n) is 13.7. The second-order valence-electron chi connectivity index (χ2n) is 5.59. The molecule has 0 aliphatic heterocycles. The highest BCUT2D eigenvalue weighted by molar-refractivity contribution is 5.91. The van der Waals surface area contributed by atoms with Crippen LogP contribution in [-0.2, 0) is 17.8 Å². The zero-order valence-corrected chi connectivity index (χ0v) is 13.7. The van der Waals surface area contributed by atoms with Gasteiger partial charge in [0.15, 0.2) is 11.6 Å². The SMILES string of the molecule is CCNCc1ccccc1NC(=O)CCCc1ccc(F)c(F)c1. The summed E-state index contributed by atoms with van der Waals surface area (Å²) in [5.74, 6) is -1.79. The molecule has 0 atom stereocenters. The molecule has 0 heterocycles. The van der Waals surface area contributed by atoms with Crippen LogP contribution in [0, 0.1) is 11.6 Å². The second kappa shape index (κ2) is 9.13. The first kappa shape index (κ1) is 18.1. The van der Waals surface area contributed by atoms with E-state index in [-0.39, 0.29) is 5.91 Å². The average Bonchev–Trinajstić information content (AvgIpc) is 2.57. The summed E-state index contributed by atoms with van der Waals surface area (Å²) in [5, 5.41) is 6.15. The quantitative estimate of drug-likeness (QED) is 0.766. The molecule has 0 aromatic heterocycles. The molecule has 24 heavy (non-hydrogen) atoms. The number of benzene rings is 2. The maximum Gasteiger partial charge on any atom is 0.224 e. The lowest BCUT2D eigenvalue weighted by Crippen LogP contribution is -2.17. The summed E-state index contributed by atoms with van der Waals surface area (Å²) in [7, 11) is 0. The summed E-state index contributed by atoms with van der Waals surface area (Å²) in [5.41, 5.74) is 2.53. The second-order valence-corrected chi connectivity index (χ2v) is 5.59. The number of carbonyl (C=O) groups is 1. The number of halogens is 2. The topological polar surface area (TPSA) is 41.1 Å². The predicted octanol–water partition coefficient (Wildman–Crippen LogP) is 4.04. The molecule has 0 bridgehead atoms. The van der Waals surface area contributed by atoms with Crippen LogP contribution in [-0.4, -0.2) is 12.5 Å². The molecular formula is C19H22F2N2O. The van der Waals surface area contributed by atoms with Gasteiger partial charge >= 0.3 is 0 Å². The molecule has 128 valence electrons. The molecule has 5 heteroatoms. The van der Waals surface area contributed by atoms with Crippen molar-refractivity contribution in [1.29, 1.82) is 0 Å². The van der Waals surface area contributed by atoms with E-state index in [0.29, 0.717) is 31.4 Å². The van der Waals surface area contributed by atoms with Gasteiger partial charge in [0, 0.05) is 18.7 Å². The van der Waals surface area contributed by atoms with Gasteiger partial charge in [-0.3, -0.25) is 4.79 Å². The van der Waals surface area contributed by atoms with Crippen LogP contribution >= 0.6 is 0 Å². The lowest BCUT2D eigenvalue weighted by atomic mass is 10.1. The van der Waals surface area contributed by atoms with Gasteiger partial charge in [-0.05, 0) is 48.7 Å². The number of nitrogens with one attached hydrogen (secondary N) is 2. The number of carbonyl (C=O) groups excluding carboxylic acids is 1. The standard InChI is InChI=1S/C19H22F2N2O/c1-2-22-13-15-7-3-4-8-18(15)23-19(24)9-5-6-14-10-11-16(20)17(21)12-14/h3-4,7-8,10-12,22H,2,5-6,9,13H2,1H3,(H,23,24). The first-order valence-electron chi connectivity index (χ1n) is 8.12. The first-order chi connectivity index (χ1) is 11.6. The van der Waals surface area contributed by atoms with Crippen molar-refractivity contribution in [3.8, 4) is 0 Å². The van der Waals surface area contributed by atoms with Crippen molar-refractivity contribution in [2.45, 2.75) is 32.7 Å². The van der Waals surface area contributed by atoms with Crippen LogP contribution in [0.1, 0.15) is 30.9 Å². The van der Waals surface area contributed by atoms with E-state index in [4.69, 9.17) is 0 Å². The van der Waals surface area contributed by atoms with Gasteiger partial charge in [-0.25, -0.2) is 8.78 Å². The average molecular weight is 332 g/mol. The third kappa shape index (κ3) is 5.42. The summed E-state index contributed by atoms with van der Waals surface area (Å²) >= 11 is 0. The molecule has 0 fully saturated rings. The minimum Gasteiger partial charge on any atom is -0.326 e. The van der Waals surface area contributed by atoms with E-state index in [2.05, 4.69) is 10.6 Å². The van der Waals surface area contributed by atoms with Crippen LogP contribution in [0.2, 0.25) is 0 Å². The van der Waals surface area contributed by atoms with Crippen LogP contribution in [0.15, 0.2) is 42.5 Å². The van der Waals surface area contributed by atoms with Crippen molar-refractivity contribution in [2.24, 2.45) is 0 Å². The van der Waals surface area contributed by atoms with Crippen LogP contribution in [0.5, 0.6) is 0 Å². The van der Waals surface area contributed by atoms with Gasteiger partial charge in [0.25, 0.3) is 0 Å². The molecule has 0 saturated carbocycles. The summed E-state index contributed by atoms with van der Waals surface area (Å²) < 4.78 is 26.0. The lowest BCUT2D eigenvalue weighted by Gasteiger charge is -2.11. The highest BCUT2D eigenvalue weighted by Gasteiger charge is 2.07. The minimum absolute atomic E-state index is 0.0819. The molecule has 0 saturated heterocycles. The van der Waals surface area contributed by atoms with Crippen molar-refractivity contribution in [3.05, 3.63) is 65.2 Å². The van der Waals surface area contributed by atoms with Crippen LogP contribution in [0.3, 0.4) is 0 Å². The Kier molecular flexibility index (Phi) is 6.88. The van der Waals surface area contributed by atoms with Gasteiger partial charge in [-0.15, -0.1) is 0 Å². The van der Waals surface area contributed by atoms with E-state index >= 15 is 0 Å². The summed E-state index contributed by atoms with van der Waals surface area (Å²) in [4.78, 5) is 12.1. The number of hydrogen-bond acceptors (Lipinski definition) is 2. The number of amides is 1. The predicted molar refractivity (Wildman–Crippen MR) is 91.7 cm³/mol. The highest BCUT2D eigenvalue weighted by atomic mass is 19.2. The van der Waals surface area contributed by atoms with E-state index in [1.807, 2.05) is 31.2 Å². The molecular weight excluding hydrogens is 310 g/mol. The maximum atomic E-state index is 13.1. The Morgan fingerprint density at radius 3 is 2.62 bits per heavy atom. The molecule has 0 aliphatic rings. The smallest absolute Gasteiger partial charge is 0.224 e. The van der Waals surface area contributed by atoms with Gasteiger partial charge < -0.3 is 10.6 Å². The third-order valence-electron chi connectivity index (χ3n) is 3.71. The van der Waals surface area contributed by atoms with Crippen molar-refractivity contribution in [1.82, 2.24) is 5.32 Å². The van der Waals surface area contributed by atoms with Gasteiger partial charge in [-0.1, -0.05) is 31.2 Å². The zero-order chi connectivity index (χ0) is 17.4. The van der Waals surface area contributed by atoms with Crippen molar-refractivity contribution < 1.29 is 13.6 Å². The molecule has 2 N–H and O–H groups in total. The van der Waals surface area contributed by atoms with E-state index in [1.54, 1.807) is 6.07 Å². The molecule has 0 spiro atoms. The van der Waals surface area contributed by atoms with Crippen LogP contribution in [0.4, 0.5) is 14.5 Å². The third-order valence-corrected chi connectivity index (χ3v) is 3.71. The van der Waals surface area contributed by atoms with Crippen LogP contribution < -0.4 is 10.6 Å². The number of aryl methyl sites for hydroxylation is 1. The fourth-order valence-electron chi connectivity index (χ4n) is 2.42. The maximum absolute atomic E-state index is 13.1. The van der Waals surface area contributed by atoms with Gasteiger partial charge in [0.05, 0.1) is 0 Å². The summed E-state index contributed by atoms with van der Waals surface area (Å²) in [6.07, 6.45) is 1.43. The Morgan fingerprint density at radius 2 is 1.88 bits per heavy atom. The van der Waals surface area contributed by atoms with E-state index in [9.17, 15) is 13.6 Å². The highest BCUT2D eigenvalue weighted by Crippen LogP contribution is 2.16. The monoisotopic (exact) mass is 332 g/mol. The van der Waals surface area contributed by atoms with E-state index in [0.717, 1.165) is 23.9 Å². The number of rotatable bonds is 8. The Bertz CT molecular complexity index is 689. The first-order valence-corrected chi connectivity index (χ1v) is 8.12. The van der Waals surface area contributed by atoms with Crippen molar-refractivity contribution >= 4 is 11.6 Å². The Balaban J connectivity index is 1.84. The molecule has 0 radical (unpaired) electrons. The fourth-order valence-corrected chi connectivity index (χ4v) is 2.42. The molecule has 3 nitrogen and oxygen atoms in total. The Hall–Kier alpha value is -2.27. The minimum atomic E-state index is -0.853. The molecule has 0 unspecified atom stereocenters. The van der Waals surface area contributed by atoms with Gasteiger partial charge in [0.1, 0.15) is 0 Å². The van der Waals surface area contributed by atoms with Crippen molar-refractivity contribution in [2.75, 3.05) is 11.9 Å². The number of hydrogen-bond donors (Lipinski definition) is 2. The van der Waals surface area contributed by atoms with E-state index in [1.165, 1.54) is 6.07 Å². The summed E-state index contributed by atoms with van der Waals surface area (Å²) in [6.45, 7) is 3.58. The number of para-hydroxylation sites is 1. The van der Waals surface area contributed by atoms with Crippen LogP contribution in [0.25, 0.3) is 0 Å². The van der Waals surface area contributed by atoms with Crippen molar-refractivity contribution in [3.63, 3.8) is 0 Å². The molecule has 2 aromatic rings. The normalized spacial score (nSPS) is 10.6. The largest absolute Gasteiger partial charge is 0.326 e. The Labute approximate surface area is 141 Å². The van der Waals surface area contributed by atoms with E-state index < -0.39 is 11.6 Å².